The van der Waals surface area contributed by atoms with Gasteiger partial charge < -0.3 is 20.7 Å². The number of carbonyl (C=O) groups excluding carboxylic acids is 1. The fourth-order valence-corrected chi connectivity index (χ4v) is 4.17. The zero-order valence-corrected chi connectivity index (χ0v) is 18.0. The number of carbonyl (C=O) groups is 1. The van der Waals surface area contributed by atoms with Crippen molar-refractivity contribution in [2.75, 3.05) is 20.7 Å². The highest BCUT2D eigenvalue weighted by molar-refractivity contribution is 5.94. The predicted octanol–water partition coefficient (Wildman–Crippen LogP) is 2.95. The van der Waals surface area contributed by atoms with Crippen LogP contribution < -0.4 is 20.7 Å². The molecule has 0 radical (unpaired) electrons. The Morgan fingerprint density at radius 1 is 1.16 bits per heavy atom. The average molecular weight is 420 g/mol. The molecule has 3 rings (SSSR count). The molecule has 1 amide bonds. The van der Waals surface area contributed by atoms with Crippen molar-refractivity contribution in [1.82, 2.24) is 16.0 Å². The first kappa shape index (κ1) is 22.2. The van der Waals surface area contributed by atoms with Crippen molar-refractivity contribution in [1.29, 1.82) is 5.26 Å². The Labute approximate surface area is 183 Å². The summed E-state index contributed by atoms with van der Waals surface area (Å²) >= 11 is 0. The van der Waals surface area contributed by atoms with E-state index in [0.29, 0.717) is 18.1 Å². The summed E-state index contributed by atoms with van der Waals surface area (Å²) in [4.78, 5) is 16.5. The molecule has 0 bridgehead atoms. The van der Waals surface area contributed by atoms with Crippen LogP contribution in [0.4, 0.5) is 0 Å². The Morgan fingerprint density at radius 2 is 1.84 bits per heavy atom. The van der Waals surface area contributed by atoms with Gasteiger partial charge in [0.2, 0.25) is 12.2 Å². The van der Waals surface area contributed by atoms with Crippen LogP contribution >= 0.6 is 0 Å². The van der Waals surface area contributed by atoms with E-state index in [1.165, 1.54) is 5.56 Å². The number of benzene rings is 2. The fourth-order valence-electron chi connectivity index (χ4n) is 4.17. The van der Waals surface area contributed by atoms with E-state index in [1.807, 2.05) is 24.4 Å². The number of methoxy groups -OCH3 is 1. The zero-order chi connectivity index (χ0) is 22.1. The van der Waals surface area contributed by atoms with Crippen LogP contribution in [0.1, 0.15) is 41.6 Å². The number of nitrogens with zero attached hydrogens (tertiary/aromatic N) is 2. The molecule has 0 atom stereocenters. The molecule has 0 unspecified atom stereocenters. The number of amides is 1. The highest BCUT2D eigenvalue weighted by atomic mass is 16.5. The second kappa shape index (κ2) is 10.5. The Hall–Kier alpha value is -3.53. The van der Waals surface area contributed by atoms with Crippen molar-refractivity contribution in [2.24, 2.45) is 4.99 Å². The molecule has 162 valence electrons. The molecule has 0 spiro atoms. The summed E-state index contributed by atoms with van der Waals surface area (Å²) < 4.78 is 5.17. The molecule has 31 heavy (non-hydrogen) atoms. The molecule has 0 aliphatic heterocycles. The average Bonchev–Trinajstić information content (AvgIpc) is 2.83. The van der Waals surface area contributed by atoms with Gasteiger partial charge in [0, 0.05) is 30.6 Å². The first-order valence-electron chi connectivity index (χ1n) is 10.5. The SMILES string of the molecule is CN/C(=N\C#N)N[C@H]1CC[C@](CNC(=O)c2ccc(OC)cc2)(c2ccccc2)CC1. The summed E-state index contributed by atoms with van der Waals surface area (Å²) in [7, 11) is 3.35. The van der Waals surface area contributed by atoms with Gasteiger partial charge in [-0.3, -0.25) is 4.79 Å². The van der Waals surface area contributed by atoms with Gasteiger partial charge in [-0.05, 0) is 55.5 Å². The maximum absolute atomic E-state index is 12.8. The van der Waals surface area contributed by atoms with Gasteiger partial charge in [0.05, 0.1) is 7.11 Å². The fraction of sp³-hybridized carbons (Fsp3) is 0.375. The summed E-state index contributed by atoms with van der Waals surface area (Å²) in [5, 5.41) is 18.2. The van der Waals surface area contributed by atoms with Crippen molar-refractivity contribution in [3.8, 4) is 11.9 Å². The maximum Gasteiger partial charge on any atom is 0.251 e. The van der Waals surface area contributed by atoms with E-state index in [4.69, 9.17) is 10.00 Å². The third-order valence-corrected chi connectivity index (χ3v) is 6.01. The zero-order valence-electron chi connectivity index (χ0n) is 18.0. The minimum Gasteiger partial charge on any atom is -0.497 e. The van der Waals surface area contributed by atoms with Crippen LogP contribution in [-0.2, 0) is 5.41 Å². The summed E-state index contributed by atoms with van der Waals surface area (Å²) in [5.41, 5.74) is 1.72. The lowest BCUT2D eigenvalue weighted by molar-refractivity contribution is 0.0935. The molecule has 2 aromatic rings. The largest absolute Gasteiger partial charge is 0.497 e. The molecule has 0 aromatic heterocycles. The van der Waals surface area contributed by atoms with Crippen molar-refractivity contribution in [2.45, 2.75) is 37.1 Å². The van der Waals surface area contributed by atoms with E-state index >= 15 is 0 Å². The smallest absolute Gasteiger partial charge is 0.251 e. The monoisotopic (exact) mass is 419 g/mol. The van der Waals surface area contributed by atoms with Crippen molar-refractivity contribution < 1.29 is 9.53 Å². The number of hydrogen-bond donors (Lipinski definition) is 3. The summed E-state index contributed by atoms with van der Waals surface area (Å²) in [6, 6.07) is 17.8. The van der Waals surface area contributed by atoms with Crippen molar-refractivity contribution >= 4 is 11.9 Å². The van der Waals surface area contributed by atoms with Crippen LogP contribution in [0.5, 0.6) is 5.75 Å². The molecule has 1 aliphatic carbocycles. The molecule has 7 nitrogen and oxygen atoms in total. The van der Waals surface area contributed by atoms with E-state index in [9.17, 15) is 4.79 Å². The quantitative estimate of drug-likeness (QED) is 0.380. The van der Waals surface area contributed by atoms with Crippen molar-refractivity contribution in [3.63, 3.8) is 0 Å². The molecular weight excluding hydrogens is 390 g/mol. The highest BCUT2D eigenvalue weighted by Gasteiger charge is 2.37. The first-order chi connectivity index (χ1) is 15.1. The minimum absolute atomic E-state index is 0.0863. The lowest BCUT2D eigenvalue weighted by Gasteiger charge is -2.41. The van der Waals surface area contributed by atoms with E-state index in [1.54, 1.807) is 38.4 Å². The topological polar surface area (TPSA) is 98.5 Å². The number of nitriles is 1. The third-order valence-electron chi connectivity index (χ3n) is 6.01. The molecule has 0 saturated heterocycles. The number of aliphatic imine (C=N–C) groups is 1. The van der Waals surface area contributed by atoms with Gasteiger partial charge in [-0.15, -0.1) is 4.99 Å². The molecule has 1 fully saturated rings. The van der Waals surface area contributed by atoms with Crippen LogP contribution in [-0.4, -0.2) is 38.6 Å². The third kappa shape index (κ3) is 5.54. The Morgan fingerprint density at radius 3 is 2.42 bits per heavy atom. The molecule has 7 heteroatoms. The lowest BCUT2D eigenvalue weighted by atomic mass is 9.68. The predicted molar refractivity (Wildman–Crippen MR) is 121 cm³/mol. The number of nitrogens with one attached hydrogen (secondary N) is 3. The molecule has 3 N–H and O–H groups in total. The second-order valence-corrected chi connectivity index (χ2v) is 7.79. The van der Waals surface area contributed by atoms with Crippen LogP contribution in [0.25, 0.3) is 0 Å². The first-order valence-corrected chi connectivity index (χ1v) is 10.5. The van der Waals surface area contributed by atoms with Gasteiger partial charge >= 0.3 is 0 Å². The lowest BCUT2D eigenvalue weighted by Crippen LogP contribution is -2.49. The van der Waals surface area contributed by atoms with E-state index in [2.05, 4.69) is 33.1 Å². The summed E-state index contributed by atoms with van der Waals surface area (Å²) in [5.74, 6) is 1.13. The number of guanidine groups is 1. The Balaban J connectivity index is 1.70. The van der Waals surface area contributed by atoms with Crippen LogP contribution in [0.15, 0.2) is 59.6 Å². The Kier molecular flexibility index (Phi) is 7.50. The van der Waals surface area contributed by atoms with Crippen LogP contribution in [0, 0.1) is 11.5 Å². The highest BCUT2D eigenvalue weighted by Crippen LogP contribution is 2.39. The molecule has 2 aromatic carbocycles. The van der Waals surface area contributed by atoms with Crippen LogP contribution in [0.2, 0.25) is 0 Å². The van der Waals surface area contributed by atoms with Gasteiger partial charge in [0.25, 0.3) is 5.91 Å². The molecule has 1 aliphatic rings. The van der Waals surface area contributed by atoms with E-state index in [0.717, 1.165) is 31.4 Å². The maximum atomic E-state index is 12.8. The van der Waals surface area contributed by atoms with Gasteiger partial charge in [0.1, 0.15) is 5.75 Å². The van der Waals surface area contributed by atoms with Gasteiger partial charge in [-0.25, -0.2) is 0 Å². The Bertz CT molecular complexity index is 927. The normalized spacial score (nSPS) is 20.9. The van der Waals surface area contributed by atoms with Gasteiger partial charge in [-0.2, -0.15) is 5.26 Å². The number of ether oxygens (including phenoxy) is 1. The standard InChI is InChI=1S/C24H29N5O2/c1-26-23(28-17-25)29-20-12-14-24(15-13-20,19-6-4-3-5-7-19)16-27-22(30)18-8-10-21(31-2)11-9-18/h3-11,20H,12-16H2,1-2H3,(H,27,30)(H2,26,28,29)/t20-,24-. The molecule has 1 saturated carbocycles. The van der Waals surface area contributed by atoms with Crippen LogP contribution in [0.3, 0.4) is 0 Å². The van der Waals surface area contributed by atoms with E-state index in [-0.39, 0.29) is 17.4 Å². The second-order valence-electron chi connectivity index (χ2n) is 7.79. The minimum atomic E-state index is -0.131. The number of rotatable bonds is 6. The summed E-state index contributed by atoms with van der Waals surface area (Å²) in [6.45, 7) is 0.569. The molecule has 0 heterocycles. The summed E-state index contributed by atoms with van der Waals surface area (Å²) in [6.07, 6.45) is 5.48. The van der Waals surface area contributed by atoms with Crippen molar-refractivity contribution in [3.05, 3.63) is 65.7 Å². The molecular formula is C24H29N5O2. The van der Waals surface area contributed by atoms with Gasteiger partial charge in [0.15, 0.2) is 0 Å². The number of hydrogen-bond acceptors (Lipinski definition) is 4. The van der Waals surface area contributed by atoms with Gasteiger partial charge in [-0.1, -0.05) is 30.3 Å². The van der Waals surface area contributed by atoms with E-state index < -0.39 is 0 Å².